The van der Waals surface area contributed by atoms with Crippen LogP contribution in [0.25, 0.3) is 11.4 Å². The van der Waals surface area contributed by atoms with Crippen LogP contribution in [0.4, 0.5) is 0 Å². The van der Waals surface area contributed by atoms with Crippen LogP contribution in [0.5, 0.6) is 0 Å². The average molecular weight is 411 g/mol. The number of amides is 1. The highest BCUT2D eigenvalue weighted by atomic mass is 32.2. The molecule has 0 radical (unpaired) electrons. The van der Waals surface area contributed by atoms with Crippen LogP contribution in [0, 0.1) is 23.2 Å². The van der Waals surface area contributed by atoms with Crippen molar-refractivity contribution in [2.24, 2.45) is 30.2 Å². The first-order valence-electron chi connectivity index (χ1n) is 10.9. The lowest BCUT2D eigenvalue weighted by molar-refractivity contribution is -0.123. The first-order chi connectivity index (χ1) is 14.0. The molecular formula is C23H30N4OS. The van der Waals surface area contributed by atoms with Crippen molar-refractivity contribution in [3.8, 4) is 11.4 Å². The van der Waals surface area contributed by atoms with Gasteiger partial charge in [0, 0.05) is 18.7 Å². The molecule has 5 nitrogen and oxygen atoms in total. The summed E-state index contributed by atoms with van der Waals surface area (Å²) in [5, 5.41) is 12.7. The molecule has 4 fully saturated rings. The van der Waals surface area contributed by atoms with Gasteiger partial charge >= 0.3 is 0 Å². The largest absolute Gasteiger partial charge is 0.352 e. The first-order valence-corrected chi connectivity index (χ1v) is 11.9. The van der Waals surface area contributed by atoms with Gasteiger partial charge in [-0.15, -0.1) is 10.2 Å². The quantitative estimate of drug-likeness (QED) is 0.722. The number of benzene rings is 1. The van der Waals surface area contributed by atoms with Crippen LogP contribution in [0.15, 0.2) is 35.5 Å². The summed E-state index contributed by atoms with van der Waals surface area (Å²) in [5.74, 6) is 4.05. The van der Waals surface area contributed by atoms with Crippen LogP contribution in [0.2, 0.25) is 0 Å². The minimum absolute atomic E-state index is 0.113. The number of hydrogen-bond acceptors (Lipinski definition) is 4. The zero-order valence-electron chi connectivity index (χ0n) is 17.3. The van der Waals surface area contributed by atoms with E-state index in [1.807, 2.05) is 41.9 Å². The van der Waals surface area contributed by atoms with E-state index >= 15 is 0 Å². The average Bonchev–Trinajstić information content (AvgIpc) is 3.06. The summed E-state index contributed by atoms with van der Waals surface area (Å²) in [6, 6.07) is 10.3. The monoisotopic (exact) mass is 410 g/mol. The number of nitrogens with one attached hydrogen (secondary N) is 1. The Kier molecular flexibility index (Phi) is 4.93. The third-order valence-corrected chi connectivity index (χ3v) is 8.60. The van der Waals surface area contributed by atoms with E-state index in [9.17, 15) is 4.79 Å². The summed E-state index contributed by atoms with van der Waals surface area (Å²) in [6.45, 7) is 2.24. The third-order valence-electron chi connectivity index (χ3n) is 7.58. The molecule has 0 unspecified atom stereocenters. The van der Waals surface area contributed by atoms with Crippen LogP contribution >= 0.6 is 11.8 Å². The van der Waals surface area contributed by atoms with Gasteiger partial charge in [0.15, 0.2) is 11.0 Å². The van der Waals surface area contributed by atoms with Gasteiger partial charge in [-0.2, -0.15) is 0 Å². The Labute approximate surface area is 177 Å². The molecule has 0 saturated heterocycles. The van der Waals surface area contributed by atoms with E-state index in [1.54, 1.807) is 0 Å². The highest BCUT2D eigenvalue weighted by molar-refractivity contribution is 7.99. The van der Waals surface area contributed by atoms with E-state index in [0.717, 1.165) is 34.3 Å². The normalized spacial score (nSPS) is 31.0. The van der Waals surface area contributed by atoms with Gasteiger partial charge in [-0.3, -0.25) is 4.79 Å². The van der Waals surface area contributed by atoms with Crippen LogP contribution < -0.4 is 5.32 Å². The Morgan fingerprint density at radius 3 is 2.38 bits per heavy atom. The summed E-state index contributed by atoms with van der Waals surface area (Å²) in [7, 11) is 1.96. The molecule has 4 saturated carbocycles. The van der Waals surface area contributed by atoms with Gasteiger partial charge in [-0.1, -0.05) is 42.1 Å². The second-order valence-electron chi connectivity index (χ2n) is 9.59. The standard InChI is InChI=1S/C23H30N4OS/c1-15(23-11-16-8-17(12-23)10-18(9-16)13-23)24-20(28)14-29-22-26-25-21(27(22)2)19-6-4-3-5-7-19/h3-7,15-18H,8-14H2,1-2H3,(H,24,28)/t15-,16?,17?,18?,23?/m1/s1. The van der Waals surface area contributed by atoms with Gasteiger partial charge < -0.3 is 9.88 Å². The fraction of sp³-hybridized carbons (Fsp3) is 0.609. The molecule has 1 amide bonds. The summed E-state index contributed by atoms with van der Waals surface area (Å²) in [5.41, 5.74) is 1.38. The van der Waals surface area contributed by atoms with Gasteiger partial charge in [0.05, 0.1) is 5.75 Å². The van der Waals surface area contributed by atoms with Crippen LogP contribution in [0.1, 0.15) is 45.4 Å². The molecule has 2 aromatic rings. The van der Waals surface area contributed by atoms with Crippen molar-refractivity contribution in [1.82, 2.24) is 20.1 Å². The molecule has 154 valence electrons. The van der Waals surface area contributed by atoms with Gasteiger partial charge in [-0.05, 0) is 68.6 Å². The second kappa shape index (κ2) is 7.46. The van der Waals surface area contributed by atoms with Crippen LogP contribution in [-0.2, 0) is 11.8 Å². The summed E-state index contributed by atoms with van der Waals surface area (Å²) in [6.07, 6.45) is 8.26. The summed E-state index contributed by atoms with van der Waals surface area (Å²) < 4.78 is 1.97. The Morgan fingerprint density at radius 2 is 1.76 bits per heavy atom. The smallest absolute Gasteiger partial charge is 0.230 e. The molecule has 1 aromatic carbocycles. The van der Waals surface area contributed by atoms with Crippen molar-refractivity contribution in [3.05, 3.63) is 30.3 Å². The summed E-state index contributed by atoms with van der Waals surface area (Å²) >= 11 is 1.47. The molecule has 4 aliphatic rings. The molecule has 0 spiro atoms. The number of thioether (sulfide) groups is 1. The van der Waals surface area contributed by atoms with Crippen molar-refractivity contribution >= 4 is 17.7 Å². The molecule has 4 aliphatic carbocycles. The highest BCUT2D eigenvalue weighted by Crippen LogP contribution is 2.61. The van der Waals surface area contributed by atoms with E-state index in [4.69, 9.17) is 0 Å². The van der Waals surface area contributed by atoms with E-state index in [1.165, 1.54) is 50.3 Å². The SMILES string of the molecule is C[C@@H](NC(=O)CSc1nnc(-c2ccccc2)n1C)C12CC3CC(CC(C3)C1)C2. The molecule has 1 aromatic heterocycles. The lowest BCUT2D eigenvalue weighted by Crippen LogP contribution is -2.56. The number of nitrogens with zero attached hydrogens (tertiary/aromatic N) is 3. The predicted octanol–water partition coefficient (Wildman–Crippen LogP) is 4.30. The molecule has 1 heterocycles. The van der Waals surface area contributed by atoms with Crippen LogP contribution in [-0.4, -0.2) is 32.5 Å². The maximum absolute atomic E-state index is 12.7. The maximum atomic E-state index is 12.7. The Bertz CT molecular complexity index is 858. The lowest BCUT2D eigenvalue weighted by atomic mass is 9.48. The molecule has 4 bridgehead atoms. The molecule has 6 heteroatoms. The zero-order chi connectivity index (χ0) is 20.0. The molecule has 29 heavy (non-hydrogen) atoms. The molecule has 6 rings (SSSR count). The van der Waals surface area contributed by atoms with Gasteiger partial charge in [0.25, 0.3) is 0 Å². The minimum Gasteiger partial charge on any atom is -0.352 e. The molecular weight excluding hydrogens is 380 g/mol. The second-order valence-corrected chi connectivity index (χ2v) is 10.5. The van der Waals surface area contributed by atoms with Crippen LogP contribution in [0.3, 0.4) is 0 Å². The van der Waals surface area contributed by atoms with E-state index in [2.05, 4.69) is 22.4 Å². The molecule has 1 N–H and O–H groups in total. The van der Waals surface area contributed by atoms with E-state index in [0.29, 0.717) is 11.2 Å². The number of hydrogen-bond donors (Lipinski definition) is 1. The number of aromatic nitrogens is 3. The highest BCUT2D eigenvalue weighted by Gasteiger charge is 2.53. The Morgan fingerprint density at radius 1 is 1.14 bits per heavy atom. The van der Waals surface area contributed by atoms with E-state index in [-0.39, 0.29) is 11.9 Å². The van der Waals surface area contributed by atoms with Crippen molar-refractivity contribution in [1.29, 1.82) is 0 Å². The number of carbonyl (C=O) groups excluding carboxylic acids is 1. The van der Waals surface area contributed by atoms with Crippen molar-refractivity contribution in [2.75, 3.05) is 5.75 Å². The summed E-state index contributed by atoms with van der Waals surface area (Å²) in [4.78, 5) is 12.7. The first kappa shape index (κ1) is 19.2. The fourth-order valence-corrected chi connectivity index (χ4v) is 7.28. The minimum atomic E-state index is 0.113. The third kappa shape index (κ3) is 3.60. The topological polar surface area (TPSA) is 59.8 Å². The number of rotatable bonds is 6. The maximum Gasteiger partial charge on any atom is 0.230 e. The van der Waals surface area contributed by atoms with Gasteiger partial charge in [-0.25, -0.2) is 0 Å². The Hall–Kier alpha value is -1.82. The Balaban J connectivity index is 1.19. The zero-order valence-corrected chi connectivity index (χ0v) is 18.1. The fourth-order valence-electron chi connectivity index (χ4n) is 6.55. The van der Waals surface area contributed by atoms with Gasteiger partial charge in [0.2, 0.25) is 5.91 Å². The molecule has 0 aliphatic heterocycles. The van der Waals surface area contributed by atoms with Gasteiger partial charge in [0.1, 0.15) is 0 Å². The van der Waals surface area contributed by atoms with Crippen molar-refractivity contribution in [2.45, 2.75) is 56.6 Å². The van der Waals surface area contributed by atoms with Crippen molar-refractivity contribution in [3.63, 3.8) is 0 Å². The number of carbonyl (C=O) groups is 1. The van der Waals surface area contributed by atoms with E-state index < -0.39 is 0 Å². The predicted molar refractivity (Wildman–Crippen MR) is 115 cm³/mol. The lowest BCUT2D eigenvalue weighted by Gasteiger charge is -2.59. The molecule has 1 atom stereocenters. The van der Waals surface area contributed by atoms with Crippen molar-refractivity contribution < 1.29 is 4.79 Å².